The van der Waals surface area contributed by atoms with E-state index < -0.39 is 0 Å². The van der Waals surface area contributed by atoms with Crippen molar-refractivity contribution in [2.24, 2.45) is 5.92 Å². The second-order valence-corrected chi connectivity index (χ2v) is 5.80. The summed E-state index contributed by atoms with van der Waals surface area (Å²) in [6.45, 7) is 0. The third-order valence-corrected chi connectivity index (χ3v) is 4.52. The quantitative estimate of drug-likeness (QED) is 0.825. The minimum atomic E-state index is 0.0972. The van der Waals surface area contributed by atoms with Crippen molar-refractivity contribution in [1.29, 1.82) is 0 Å². The average Bonchev–Trinajstić information content (AvgIpc) is 2.96. The molecule has 4 nitrogen and oxygen atoms in total. The molecule has 2 aromatic rings. The van der Waals surface area contributed by atoms with Gasteiger partial charge in [0, 0.05) is 23.3 Å². The summed E-state index contributed by atoms with van der Waals surface area (Å²) >= 11 is 1.83. The predicted molar refractivity (Wildman–Crippen MR) is 80.2 cm³/mol. The molecule has 3 N–H and O–H groups in total. The van der Waals surface area contributed by atoms with E-state index >= 15 is 0 Å². The first-order valence-electron chi connectivity index (χ1n) is 6.27. The van der Waals surface area contributed by atoms with Gasteiger partial charge >= 0.3 is 0 Å². The number of benzene rings is 1. The number of amides is 1. The fourth-order valence-corrected chi connectivity index (χ4v) is 3.50. The van der Waals surface area contributed by atoms with Crippen molar-refractivity contribution in [2.75, 3.05) is 22.6 Å². The summed E-state index contributed by atoms with van der Waals surface area (Å²) in [5.74, 6) is 2.20. The van der Waals surface area contributed by atoms with Crippen molar-refractivity contribution in [2.45, 2.75) is 6.42 Å². The van der Waals surface area contributed by atoms with Crippen molar-refractivity contribution in [3.8, 4) is 0 Å². The third kappa shape index (κ3) is 2.38. The number of pyridine rings is 1. The first-order valence-corrected chi connectivity index (χ1v) is 7.43. The molecule has 1 amide bonds. The number of hydrogen-bond donors (Lipinski definition) is 2. The molecule has 1 unspecified atom stereocenters. The molecule has 1 aliphatic rings. The number of rotatable bonds is 2. The summed E-state index contributed by atoms with van der Waals surface area (Å²) in [6.07, 6.45) is 2.67. The Hall–Kier alpha value is -1.75. The largest absolute Gasteiger partial charge is 0.397 e. The molecule has 1 saturated heterocycles. The van der Waals surface area contributed by atoms with E-state index in [2.05, 4.69) is 10.3 Å². The highest BCUT2D eigenvalue weighted by molar-refractivity contribution is 7.99. The first-order chi connectivity index (χ1) is 9.25. The summed E-state index contributed by atoms with van der Waals surface area (Å²) in [5.41, 5.74) is 8.06. The Morgan fingerprint density at radius 3 is 3.11 bits per heavy atom. The van der Waals surface area contributed by atoms with Crippen LogP contribution in [-0.4, -0.2) is 22.4 Å². The second-order valence-electron chi connectivity index (χ2n) is 4.65. The van der Waals surface area contributed by atoms with E-state index in [1.807, 2.05) is 30.0 Å². The van der Waals surface area contributed by atoms with Gasteiger partial charge in [-0.3, -0.25) is 9.78 Å². The van der Waals surface area contributed by atoms with E-state index in [-0.39, 0.29) is 11.8 Å². The molecular weight excluding hydrogens is 258 g/mol. The Morgan fingerprint density at radius 2 is 2.32 bits per heavy atom. The highest BCUT2D eigenvalue weighted by Crippen LogP contribution is 2.29. The number of nitrogens with one attached hydrogen (secondary N) is 1. The maximum atomic E-state index is 12.2. The molecule has 19 heavy (non-hydrogen) atoms. The van der Waals surface area contributed by atoms with Crippen LogP contribution >= 0.6 is 11.8 Å². The number of nitrogens with zero attached hydrogens (tertiary/aromatic N) is 1. The van der Waals surface area contributed by atoms with Crippen molar-refractivity contribution < 1.29 is 4.79 Å². The maximum Gasteiger partial charge on any atom is 0.228 e. The first kappa shape index (κ1) is 12.3. The molecule has 1 atom stereocenters. The fourth-order valence-electron chi connectivity index (χ4n) is 2.28. The molecule has 0 radical (unpaired) electrons. The number of carbonyl (C=O) groups is 1. The van der Waals surface area contributed by atoms with Crippen LogP contribution in [0.25, 0.3) is 10.9 Å². The number of nitrogens with two attached hydrogens (primary N) is 1. The van der Waals surface area contributed by atoms with Gasteiger partial charge in [-0.15, -0.1) is 0 Å². The van der Waals surface area contributed by atoms with Crippen LogP contribution in [0.15, 0.2) is 30.5 Å². The Bertz CT molecular complexity index is 623. The molecule has 0 spiro atoms. The molecule has 1 aromatic carbocycles. The molecule has 98 valence electrons. The van der Waals surface area contributed by atoms with E-state index in [9.17, 15) is 4.79 Å². The SMILES string of the molecule is Nc1ccc(NC(=O)C2CCSC2)c2cccnc12. The van der Waals surface area contributed by atoms with Crippen LogP contribution in [-0.2, 0) is 4.79 Å². The van der Waals surface area contributed by atoms with Crippen LogP contribution in [0.3, 0.4) is 0 Å². The maximum absolute atomic E-state index is 12.2. The van der Waals surface area contributed by atoms with Gasteiger partial charge in [0.05, 0.1) is 16.9 Å². The van der Waals surface area contributed by atoms with Crippen LogP contribution < -0.4 is 11.1 Å². The Kier molecular flexibility index (Phi) is 3.29. The molecule has 1 aromatic heterocycles. The molecular formula is C14H15N3OS. The third-order valence-electron chi connectivity index (χ3n) is 3.36. The second kappa shape index (κ2) is 5.09. The summed E-state index contributed by atoms with van der Waals surface area (Å²) in [4.78, 5) is 16.4. The lowest BCUT2D eigenvalue weighted by molar-refractivity contribution is -0.119. The molecule has 1 fully saturated rings. The number of anilines is 2. The zero-order valence-electron chi connectivity index (χ0n) is 10.4. The number of thioether (sulfide) groups is 1. The van der Waals surface area contributed by atoms with Gasteiger partial charge in [0.15, 0.2) is 0 Å². The minimum absolute atomic E-state index is 0.0972. The number of fused-ring (bicyclic) bond motifs is 1. The van der Waals surface area contributed by atoms with E-state index in [4.69, 9.17) is 5.73 Å². The molecule has 0 bridgehead atoms. The van der Waals surface area contributed by atoms with Crippen molar-refractivity contribution >= 4 is 39.9 Å². The van der Waals surface area contributed by atoms with Gasteiger partial charge in [-0.2, -0.15) is 11.8 Å². The summed E-state index contributed by atoms with van der Waals surface area (Å²) < 4.78 is 0. The lowest BCUT2D eigenvalue weighted by Gasteiger charge is -2.12. The normalized spacial score (nSPS) is 18.6. The van der Waals surface area contributed by atoms with Gasteiger partial charge in [-0.05, 0) is 36.4 Å². The van der Waals surface area contributed by atoms with Crippen LogP contribution in [0.5, 0.6) is 0 Å². The molecule has 1 aliphatic heterocycles. The van der Waals surface area contributed by atoms with Crippen molar-refractivity contribution in [1.82, 2.24) is 4.98 Å². The van der Waals surface area contributed by atoms with Gasteiger partial charge in [-0.1, -0.05) is 0 Å². The molecule has 5 heteroatoms. The Labute approximate surface area is 115 Å². The zero-order valence-corrected chi connectivity index (χ0v) is 11.2. The predicted octanol–water partition coefficient (Wildman–Crippen LogP) is 2.51. The van der Waals surface area contributed by atoms with E-state index in [0.29, 0.717) is 5.69 Å². The van der Waals surface area contributed by atoms with Gasteiger partial charge in [0.25, 0.3) is 0 Å². The van der Waals surface area contributed by atoms with Gasteiger partial charge < -0.3 is 11.1 Å². The Morgan fingerprint density at radius 1 is 1.42 bits per heavy atom. The molecule has 2 heterocycles. The standard InChI is InChI=1S/C14H15N3OS/c15-11-3-4-12(10-2-1-6-16-13(10)11)17-14(18)9-5-7-19-8-9/h1-4,6,9H,5,7-8,15H2,(H,17,18). The smallest absolute Gasteiger partial charge is 0.228 e. The monoisotopic (exact) mass is 273 g/mol. The number of aromatic nitrogens is 1. The van der Waals surface area contributed by atoms with E-state index in [0.717, 1.165) is 34.5 Å². The van der Waals surface area contributed by atoms with Crippen LogP contribution in [0, 0.1) is 5.92 Å². The minimum Gasteiger partial charge on any atom is -0.397 e. The van der Waals surface area contributed by atoms with E-state index in [1.54, 1.807) is 12.3 Å². The number of nitrogen functional groups attached to an aromatic ring is 1. The van der Waals surface area contributed by atoms with Crippen LogP contribution in [0.4, 0.5) is 11.4 Å². The van der Waals surface area contributed by atoms with E-state index in [1.165, 1.54) is 0 Å². The molecule has 3 rings (SSSR count). The van der Waals surface area contributed by atoms with Gasteiger partial charge in [0.2, 0.25) is 5.91 Å². The zero-order chi connectivity index (χ0) is 13.2. The Balaban J connectivity index is 1.92. The van der Waals surface area contributed by atoms with Crippen LogP contribution in [0.2, 0.25) is 0 Å². The lowest BCUT2D eigenvalue weighted by Crippen LogP contribution is -2.22. The van der Waals surface area contributed by atoms with Crippen LogP contribution in [0.1, 0.15) is 6.42 Å². The number of hydrogen-bond acceptors (Lipinski definition) is 4. The topological polar surface area (TPSA) is 68.0 Å². The highest BCUT2D eigenvalue weighted by Gasteiger charge is 2.23. The number of carbonyl (C=O) groups excluding carboxylic acids is 1. The highest BCUT2D eigenvalue weighted by atomic mass is 32.2. The molecule has 0 aliphatic carbocycles. The summed E-state index contributed by atoms with van der Waals surface area (Å²) in [7, 11) is 0. The van der Waals surface area contributed by atoms with Crippen molar-refractivity contribution in [3.05, 3.63) is 30.5 Å². The summed E-state index contributed by atoms with van der Waals surface area (Å²) in [5, 5.41) is 3.90. The van der Waals surface area contributed by atoms with Gasteiger partial charge in [-0.25, -0.2) is 0 Å². The average molecular weight is 273 g/mol. The van der Waals surface area contributed by atoms with Crippen molar-refractivity contribution in [3.63, 3.8) is 0 Å². The lowest BCUT2D eigenvalue weighted by atomic mass is 10.1. The summed E-state index contributed by atoms with van der Waals surface area (Å²) in [6, 6.07) is 7.41. The molecule has 0 saturated carbocycles. The fraction of sp³-hybridized carbons (Fsp3) is 0.286. The van der Waals surface area contributed by atoms with Gasteiger partial charge in [0.1, 0.15) is 0 Å².